The highest BCUT2D eigenvalue weighted by Crippen LogP contribution is 2.16. The maximum atomic E-state index is 13.2. The van der Waals surface area contributed by atoms with E-state index >= 15 is 0 Å². The molecule has 2 atom stereocenters. The van der Waals surface area contributed by atoms with Crippen LogP contribution in [0, 0.1) is 0 Å². The van der Waals surface area contributed by atoms with Crippen LogP contribution in [-0.4, -0.2) is 32.6 Å². The van der Waals surface area contributed by atoms with Crippen molar-refractivity contribution in [1.82, 2.24) is 25.4 Å². The van der Waals surface area contributed by atoms with Gasteiger partial charge in [0.05, 0.1) is 11.7 Å². The standard InChI is InChI=1S/C26H24ClN5O2/c1-18(20-9-13-23(14-10-20)32-17-28-16-29-32)30-26(34)24(15-19-5-3-2-4-6-19)31-25(33)21-7-11-22(27)12-8-21/h2-14,16-18,24H,15H2,1H3,(H,30,34)(H,31,33). The van der Waals surface area contributed by atoms with Crippen LogP contribution in [-0.2, 0) is 11.2 Å². The Morgan fingerprint density at radius 3 is 2.29 bits per heavy atom. The van der Waals surface area contributed by atoms with Gasteiger partial charge in [-0.15, -0.1) is 0 Å². The molecule has 0 radical (unpaired) electrons. The van der Waals surface area contributed by atoms with Crippen molar-refractivity contribution in [3.05, 3.63) is 113 Å². The van der Waals surface area contributed by atoms with Crippen molar-refractivity contribution in [3.63, 3.8) is 0 Å². The van der Waals surface area contributed by atoms with E-state index in [2.05, 4.69) is 20.7 Å². The number of hydrogen-bond acceptors (Lipinski definition) is 4. The molecule has 4 aromatic rings. The largest absolute Gasteiger partial charge is 0.348 e. The molecule has 0 saturated carbocycles. The number of carbonyl (C=O) groups is 2. The SMILES string of the molecule is CC(NC(=O)C(Cc1ccccc1)NC(=O)c1ccc(Cl)cc1)c1ccc(-n2cncn2)cc1. The van der Waals surface area contributed by atoms with E-state index in [0.29, 0.717) is 17.0 Å². The molecule has 172 valence electrons. The second kappa shape index (κ2) is 10.8. The van der Waals surface area contributed by atoms with Crippen LogP contribution in [0.15, 0.2) is 91.5 Å². The summed E-state index contributed by atoms with van der Waals surface area (Å²) in [5.74, 6) is -0.600. The van der Waals surface area contributed by atoms with Crippen molar-refractivity contribution in [2.75, 3.05) is 0 Å². The lowest BCUT2D eigenvalue weighted by molar-refractivity contribution is -0.123. The van der Waals surface area contributed by atoms with Crippen molar-refractivity contribution in [1.29, 1.82) is 0 Å². The van der Waals surface area contributed by atoms with Crippen molar-refractivity contribution in [2.45, 2.75) is 25.4 Å². The summed E-state index contributed by atoms with van der Waals surface area (Å²) in [6.45, 7) is 1.91. The predicted octanol–water partition coefficient (Wildman–Crippen LogP) is 4.14. The minimum atomic E-state index is -0.748. The van der Waals surface area contributed by atoms with E-state index in [9.17, 15) is 9.59 Å². The van der Waals surface area contributed by atoms with Gasteiger partial charge in [0.2, 0.25) is 5.91 Å². The zero-order valence-electron chi connectivity index (χ0n) is 18.6. The maximum Gasteiger partial charge on any atom is 0.251 e. The molecule has 7 nitrogen and oxygen atoms in total. The van der Waals surface area contributed by atoms with Crippen LogP contribution in [0.4, 0.5) is 0 Å². The normalized spacial score (nSPS) is 12.5. The number of carbonyl (C=O) groups excluding carboxylic acids is 2. The lowest BCUT2D eigenvalue weighted by Crippen LogP contribution is -2.48. The number of nitrogens with zero attached hydrogens (tertiary/aromatic N) is 3. The Kier molecular flexibility index (Phi) is 7.34. The fraction of sp³-hybridized carbons (Fsp3) is 0.154. The van der Waals surface area contributed by atoms with E-state index in [1.165, 1.54) is 6.33 Å². The molecule has 0 spiro atoms. The molecule has 2 amide bonds. The summed E-state index contributed by atoms with van der Waals surface area (Å²) in [5, 5.41) is 10.6. The molecular formula is C26H24ClN5O2. The number of rotatable bonds is 8. The van der Waals surface area contributed by atoms with Gasteiger partial charge in [0, 0.05) is 17.0 Å². The molecule has 2 N–H and O–H groups in total. The maximum absolute atomic E-state index is 13.2. The Hall–Kier alpha value is -3.97. The predicted molar refractivity (Wildman–Crippen MR) is 131 cm³/mol. The van der Waals surface area contributed by atoms with E-state index < -0.39 is 6.04 Å². The van der Waals surface area contributed by atoms with Crippen molar-refractivity contribution < 1.29 is 9.59 Å². The second-order valence-electron chi connectivity index (χ2n) is 7.88. The Morgan fingerprint density at radius 1 is 0.941 bits per heavy atom. The van der Waals surface area contributed by atoms with E-state index in [0.717, 1.165) is 16.8 Å². The van der Waals surface area contributed by atoms with Gasteiger partial charge in [0.15, 0.2) is 0 Å². The van der Waals surface area contributed by atoms with Gasteiger partial charge in [-0.25, -0.2) is 9.67 Å². The average molecular weight is 474 g/mol. The zero-order valence-corrected chi connectivity index (χ0v) is 19.3. The number of aromatic nitrogens is 3. The van der Waals surface area contributed by atoms with Gasteiger partial charge in [-0.3, -0.25) is 9.59 Å². The highest BCUT2D eigenvalue weighted by atomic mass is 35.5. The van der Waals surface area contributed by atoms with Crippen molar-refractivity contribution in [3.8, 4) is 5.69 Å². The first-order valence-corrected chi connectivity index (χ1v) is 11.2. The minimum Gasteiger partial charge on any atom is -0.348 e. The van der Waals surface area contributed by atoms with Crippen LogP contribution in [0.25, 0.3) is 5.69 Å². The summed E-state index contributed by atoms with van der Waals surface area (Å²) in [6, 6.07) is 22.8. The zero-order chi connectivity index (χ0) is 23.9. The van der Waals surface area contributed by atoms with Crippen LogP contribution in [0.2, 0.25) is 5.02 Å². The van der Waals surface area contributed by atoms with Crippen LogP contribution < -0.4 is 10.6 Å². The summed E-state index contributed by atoms with van der Waals surface area (Å²) in [5.41, 5.74) is 3.19. The summed E-state index contributed by atoms with van der Waals surface area (Å²) in [4.78, 5) is 30.0. The molecule has 2 unspecified atom stereocenters. The third kappa shape index (κ3) is 5.88. The number of halogens is 1. The molecule has 0 fully saturated rings. The molecule has 0 saturated heterocycles. The fourth-order valence-corrected chi connectivity index (χ4v) is 3.68. The van der Waals surface area contributed by atoms with Crippen LogP contribution in [0.3, 0.4) is 0 Å². The highest BCUT2D eigenvalue weighted by Gasteiger charge is 2.23. The summed E-state index contributed by atoms with van der Waals surface area (Å²) >= 11 is 5.93. The summed E-state index contributed by atoms with van der Waals surface area (Å²) in [6.07, 6.45) is 3.46. The quantitative estimate of drug-likeness (QED) is 0.402. The third-order valence-corrected chi connectivity index (χ3v) is 5.70. The molecular weight excluding hydrogens is 450 g/mol. The van der Waals surface area contributed by atoms with Crippen LogP contribution in [0.1, 0.15) is 34.5 Å². The third-order valence-electron chi connectivity index (χ3n) is 5.45. The second-order valence-corrected chi connectivity index (χ2v) is 8.32. The lowest BCUT2D eigenvalue weighted by atomic mass is 10.0. The molecule has 34 heavy (non-hydrogen) atoms. The molecule has 0 aliphatic rings. The van der Waals surface area contributed by atoms with Gasteiger partial charge in [-0.1, -0.05) is 54.1 Å². The molecule has 0 aliphatic carbocycles. The monoisotopic (exact) mass is 473 g/mol. The van der Waals surface area contributed by atoms with Gasteiger partial charge in [-0.05, 0) is 54.4 Å². The van der Waals surface area contributed by atoms with Gasteiger partial charge < -0.3 is 10.6 Å². The van der Waals surface area contributed by atoms with Crippen molar-refractivity contribution in [2.24, 2.45) is 0 Å². The van der Waals surface area contributed by atoms with Crippen molar-refractivity contribution >= 4 is 23.4 Å². The fourth-order valence-electron chi connectivity index (χ4n) is 3.56. The molecule has 3 aromatic carbocycles. The first kappa shape index (κ1) is 23.2. The summed E-state index contributed by atoms with van der Waals surface area (Å²) < 4.78 is 1.66. The molecule has 1 aromatic heterocycles. The number of hydrogen-bond donors (Lipinski definition) is 2. The Balaban J connectivity index is 1.47. The minimum absolute atomic E-state index is 0.261. The molecule has 0 bridgehead atoms. The Bertz CT molecular complexity index is 1230. The molecule has 0 aliphatic heterocycles. The number of benzene rings is 3. The van der Waals surface area contributed by atoms with Crippen LogP contribution >= 0.6 is 11.6 Å². The smallest absolute Gasteiger partial charge is 0.251 e. The highest BCUT2D eigenvalue weighted by molar-refractivity contribution is 6.30. The Labute approximate surface area is 202 Å². The number of amides is 2. The van der Waals surface area contributed by atoms with E-state index in [4.69, 9.17) is 11.6 Å². The topological polar surface area (TPSA) is 88.9 Å². The van der Waals surface area contributed by atoms with Crippen LogP contribution in [0.5, 0.6) is 0 Å². The summed E-state index contributed by atoms with van der Waals surface area (Å²) in [7, 11) is 0. The molecule has 1 heterocycles. The van der Waals surface area contributed by atoms with E-state index in [1.807, 2.05) is 61.5 Å². The molecule has 8 heteroatoms. The first-order chi connectivity index (χ1) is 16.5. The first-order valence-electron chi connectivity index (χ1n) is 10.9. The Morgan fingerprint density at radius 2 is 1.65 bits per heavy atom. The number of nitrogens with one attached hydrogen (secondary N) is 2. The average Bonchev–Trinajstić information content (AvgIpc) is 3.40. The van der Waals surface area contributed by atoms with Gasteiger partial charge >= 0.3 is 0 Å². The van der Waals surface area contributed by atoms with Gasteiger partial charge in [-0.2, -0.15) is 5.10 Å². The van der Waals surface area contributed by atoms with E-state index in [-0.39, 0.29) is 17.9 Å². The van der Waals surface area contributed by atoms with Gasteiger partial charge in [0.1, 0.15) is 18.7 Å². The molecule has 4 rings (SSSR count). The van der Waals surface area contributed by atoms with E-state index in [1.54, 1.807) is 35.3 Å². The lowest BCUT2D eigenvalue weighted by Gasteiger charge is -2.22. The van der Waals surface area contributed by atoms with Gasteiger partial charge in [0.25, 0.3) is 5.91 Å².